The van der Waals surface area contributed by atoms with Crippen LogP contribution >= 0.6 is 0 Å². The van der Waals surface area contributed by atoms with Crippen LogP contribution in [-0.2, 0) is 5.54 Å². The zero-order valence-corrected chi connectivity index (χ0v) is 10.4. The van der Waals surface area contributed by atoms with E-state index < -0.39 is 17.6 Å². The minimum atomic E-state index is -0.931. The average molecular weight is 265 g/mol. The van der Waals surface area contributed by atoms with Gasteiger partial charge in [0.15, 0.2) is 0 Å². The highest BCUT2D eigenvalue weighted by Crippen LogP contribution is 2.39. The normalized spacial score (nSPS) is 16.9. The summed E-state index contributed by atoms with van der Waals surface area (Å²) in [6.07, 6.45) is 3.07. The molecule has 4 N–H and O–H groups in total. The number of carbonyl (C=O) groups excluding carboxylic acids is 2. The van der Waals surface area contributed by atoms with Crippen molar-refractivity contribution < 1.29 is 14.0 Å². The summed E-state index contributed by atoms with van der Waals surface area (Å²) in [5, 5.41) is 4.64. The van der Waals surface area contributed by atoms with E-state index in [1.807, 2.05) is 5.32 Å². The number of nitrogens with one attached hydrogen (secondary N) is 2. The minimum Gasteiger partial charge on any atom is -0.351 e. The summed E-state index contributed by atoms with van der Waals surface area (Å²) in [7, 11) is 0. The molecule has 0 atom stereocenters. The lowest BCUT2D eigenvalue weighted by molar-refractivity contribution is 0.219. The molecule has 6 heteroatoms. The molecule has 0 radical (unpaired) electrons. The lowest BCUT2D eigenvalue weighted by Gasteiger charge is -2.31. The third-order valence-corrected chi connectivity index (χ3v) is 3.44. The molecule has 0 spiro atoms. The Kier molecular flexibility index (Phi) is 3.69. The summed E-state index contributed by atoms with van der Waals surface area (Å²) in [4.78, 5) is 22.3. The SMILES string of the molecule is NC(=O)NC(=O)NC1(c2ccccc2F)CCCC1. The van der Waals surface area contributed by atoms with E-state index in [-0.39, 0.29) is 5.82 Å². The first-order valence-electron chi connectivity index (χ1n) is 6.17. The van der Waals surface area contributed by atoms with Crippen molar-refractivity contribution in [3.63, 3.8) is 0 Å². The topological polar surface area (TPSA) is 84.2 Å². The van der Waals surface area contributed by atoms with Crippen LogP contribution in [0.2, 0.25) is 0 Å². The monoisotopic (exact) mass is 265 g/mol. The van der Waals surface area contributed by atoms with Crippen molar-refractivity contribution >= 4 is 12.1 Å². The minimum absolute atomic E-state index is 0.358. The number of carbonyl (C=O) groups is 2. The molecular weight excluding hydrogens is 249 g/mol. The molecule has 1 aliphatic carbocycles. The molecule has 4 amide bonds. The van der Waals surface area contributed by atoms with Gasteiger partial charge in [0.1, 0.15) is 5.82 Å². The fourth-order valence-corrected chi connectivity index (χ4v) is 2.65. The van der Waals surface area contributed by atoms with Crippen molar-refractivity contribution in [1.29, 1.82) is 0 Å². The van der Waals surface area contributed by atoms with E-state index in [4.69, 9.17) is 5.73 Å². The number of amides is 4. The van der Waals surface area contributed by atoms with Crippen LogP contribution in [0.4, 0.5) is 14.0 Å². The molecule has 0 aromatic heterocycles. The number of hydrogen-bond donors (Lipinski definition) is 3. The van der Waals surface area contributed by atoms with Crippen LogP contribution in [0.15, 0.2) is 24.3 Å². The van der Waals surface area contributed by atoms with Gasteiger partial charge in [0.25, 0.3) is 0 Å². The number of primary amides is 1. The van der Waals surface area contributed by atoms with Crippen molar-refractivity contribution in [2.24, 2.45) is 5.73 Å². The Morgan fingerprint density at radius 1 is 1.21 bits per heavy atom. The molecule has 0 heterocycles. The van der Waals surface area contributed by atoms with E-state index in [0.717, 1.165) is 12.8 Å². The number of benzene rings is 1. The van der Waals surface area contributed by atoms with E-state index in [2.05, 4.69) is 5.32 Å². The van der Waals surface area contributed by atoms with Gasteiger partial charge in [-0.05, 0) is 18.9 Å². The van der Waals surface area contributed by atoms with Gasteiger partial charge in [-0.15, -0.1) is 0 Å². The molecule has 5 nitrogen and oxygen atoms in total. The quantitative estimate of drug-likeness (QED) is 0.763. The van der Waals surface area contributed by atoms with Crippen molar-refractivity contribution in [2.75, 3.05) is 0 Å². The average Bonchev–Trinajstić information content (AvgIpc) is 2.77. The van der Waals surface area contributed by atoms with E-state index in [9.17, 15) is 14.0 Å². The summed E-state index contributed by atoms with van der Waals surface area (Å²) in [6, 6.07) is 4.72. The van der Waals surface area contributed by atoms with Gasteiger partial charge in [-0.25, -0.2) is 14.0 Å². The van der Waals surface area contributed by atoms with E-state index >= 15 is 0 Å². The Morgan fingerprint density at radius 3 is 2.42 bits per heavy atom. The van der Waals surface area contributed by atoms with E-state index in [1.165, 1.54) is 6.07 Å². The number of imide groups is 1. The highest BCUT2D eigenvalue weighted by Gasteiger charge is 2.39. The Balaban J connectivity index is 2.26. The van der Waals surface area contributed by atoms with Crippen LogP contribution in [0.5, 0.6) is 0 Å². The molecule has 1 aromatic rings. The zero-order chi connectivity index (χ0) is 13.9. The third kappa shape index (κ3) is 2.83. The highest BCUT2D eigenvalue weighted by atomic mass is 19.1. The van der Waals surface area contributed by atoms with Crippen molar-refractivity contribution in [1.82, 2.24) is 10.6 Å². The van der Waals surface area contributed by atoms with Gasteiger partial charge in [-0.2, -0.15) is 0 Å². The maximum Gasteiger partial charge on any atom is 0.323 e. The molecule has 1 aliphatic rings. The lowest BCUT2D eigenvalue weighted by atomic mass is 9.88. The first-order valence-corrected chi connectivity index (χ1v) is 6.17. The van der Waals surface area contributed by atoms with E-state index in [1.54, 1.807) is 18.2 Å². The third-order valence-electron chi connectivity index (χ3n) is 3.44. The van der Waals surface area contributed by atoms with Crippen LogP contribution < -0.4 is 16.4 Å². The zero-order valence-electron chi connectivity index (χ0n) is 10.4. The van der Waals surface area contributed by atoms with Gasteiger partial charge >= 0.3 is 12.1 Å². The van der Waals surface area contributed by atoms with Crippen LogP contribution in [-0.4, -0.2) is 12.1 Å². The first kappa shape index (κ1) is 13.3. The molecule has 0 bridgehead atoms. The number of rotatable bonds is 2. The maximum absolute atomic E-state index is 13.9. The van der Waals surface area contributed by atoms with Gasteiger partial charge in [0.05, 0.1) is 5.54 Å². The second kappa shape index (κ2) is 5.26. The van der Waals surface area contributed by atoms with Gasteiger partial charge in [-0.1, -0.05) is 31.0 Å². The fraction of sp³-hybridized carbons (Fsp3) is 0.385. The summed E-state index contributed by atoms with van der Waals surface area (Å²) in [5.74, 6) is -0.358. The largest absolute Gasteiger partial charge is 0.351 e. The number of halogens is 1. The molecule has 0 unspecified atom stereocenters. The van der Waals surface area contributed by atoms with Gasteiger partial charge in [0.2, 0.25) is 0 Å². The molecule has 1 aromatic carbocycles. The summed E-state index contributed by atoms with van der Waals surface area (Å²) in [6.45, 7) is 0. The van der Waals surface area contributed by atoms with Gasteiger partial charge in [-0.3, -0.25) is 5.32 Å². The molecule has 0 saturated heterocycles. The Morgan fingerprint density at radius 2 is 1.84 bits per heavy atom. The second-order valence-electron chi connectivity index (χ2n) is 4.71. The molecule has 102 valence electrons. The molecule has 2 rings (SSSR count). The Bertz CT molecular complexity index is 498. The Labute approximate surface area is 110 Å². The van der Waals surface area contributed by atoms with Gasteiger partial charge in [0, 0.05) is 5.56 Å². The molecular formula is C13H16FN3O2. The summed E-state index contributed by atoms with van der Waals surface area (Å²) < 4.78 is 13.9. The van der Waals surface area contributed by atoms with Crippen LogP contribution in [0.25, 0.3) is 0 Å². The molecule has 1 saturated carbocycles. The Hall–Kier alpha value is -2.11. The fourth-order valence-electron chi connectivity index (χ4n) is 2.65. The van der Waals surface area contributed by atoms with Crippen molar-refractivity contribution in [2.45, 2.75) is 31.2 Å². The van der Waals surface area contributed by atoms with Crippen LogP contribution in [0.1, 0.15) is 31.2 Å². The van der Waals surface area contributed by atoms with E-state index in [0.29, 0.717) is 18.4 Å². The predicted octanol–water partition coefficient (Wildman–Crippen LogP) is 1.97. The summed E-state index contributed by atoms with van der Waals surface area (Å²) >= 11 is 0. The summed E-state index contributed by atoms with van der Waals surface area (Å²) in [5.41, 5.74) is 4.59. The number of hydrogen-bond acceptors (Lipinski definition) is 2. The molecule has 19 heavy (non-hydrogen) atoms. The van der Waals surface area contributed by atoms with Gasteiger partial charge < -0.3 is 11.1 Å². The number of nitrogens with two attached hydrogens (primary N) is 1. The second-order valence-corrected chi connectivity index (χ2v) is 4.71. The van der Waals surface area contributed by atoms with Crippen LogP contribution in [0, 0.1) is 5.82 Å². The maximum atomic E-state index is 13.9. The first-order chi connectivity index (χ1) is 9.03. The standard InChI is InChI=1S/C13H16FN3O2/c14-10-6-2-1-5-9(10)13(7-3-4-8-13)17-12(19)16-11(15)18/h1-2,5-6H,3-4,7-8H2,(H4,15,16,17,18,19). The van der Waals surface area contributed by atoms with Crippen LogP contribution in [0.3, 0.4) is 0 Å². The molecule has 0 aliphatic heterocycles. The predicted molar refractivity (Wildman–Crippen MR) is 67.8 cm³/mol. The lowest BCUT2D eigenvalue weighted by Crippen LogP contribution is -2.51. The van der Waals surface area contributed by atoms with Crippen molar-refractivity contribution in [3.05, 3.63) is 35.6 Å². The molecule has 1 fully saturated rings. The smallest absolute Gasteiger partial charge is 0.323 e. The van der Waals surface area contributed by atoms with Crippen molar-refractivity contribution in [3.8, 4) is 0 Å². The number of urea groups is 2. The highest BCUT2D eigenvalue weighted by molar-refractivity contribution is 5.92.